The maximum atomic E-state index is 11.7. The van der Waals surface area contributed by atoms with E-state index in [1.165, 1.54) is 22.5 Å². The lowest BCUT2D eigenvalue weighted by Gasteiger charge is -2.03. The second-order valence-electron chi connectivity index (χ2n) is 5.32. The summed E-state index contributed by atoms with van der Waals surface area (Å²) in [5.74, 6) is 0.445. The van der Waals surface area contributed by atoms with Gasteiger partial charge in [0.2, 0.25) is 5.91 Å². The number of amides is 1. The highest BCUT2D eigenvalue weighted by atomic mass is 35.5. The Morgan fingerprint density at radius 1 is 1.00 bits per heavy atom. The number of carbonyl (C=O) groups is 1. The fourth-order valence-corrected chi connectivity index (χ4v) is 3.21. The Bertz CT molecular complexity index is 800. The summed E-state index contributed by atoms with van der Waals surface area (Å²) in [6.45, 7) is 0. The third-order valence-electron chi connectivity index (χ3n) is 3.58. The molecule has 3 aromatic rings. The van der Waals surface area contributed by atoms with E-state index >= 15 is 0 Å². The molecule has 1 heterocycles. The van der Waals surface area contributed by atoms with Crippen molar-refractivity contribution in [3.8, 4) is 22.4 Å². The summed E-state index contributed by atoms with van der Waals surface area (Å²) in [5, 5.41) is 5.39. The lowest BCUT2D eigenvalue weighted by Crippen LogP contribution is -2.10. The smallest absolute Gasteiger partial charge is 0.226 e. The number of nitrogens with one attached hydrogen (secondary N) is 1. The van der Waals surface area contributed by atoms with Crippen LogP contribution in [0, 0.1) is 0 Å². The summed E-state index contributed by atoms with van der Waals surface area (Å²) >= 11 is 7.03. The Labute approximate surface area is 150 Å². The molecule has 0 aliphatic heterocycles. The number of hydrogen-bond donors (Lipinski definition) is 1. The first kappa shape index (κ1) is 16.7. The van der Waals surface area contributed by atoms with Crippen LogP contribution in [-0.2, 0) is 4.79 Å². The third kappa shape index (κ3) is 4.22. The van der Waals surface area contributed by atoms with Crippen LogP contribution in [0.15, 0.2) is 60.0 Å². The average molecular weight is 357 g/mol. The summed E-state index contributed by atoms with van der Waals surface area (Å²) in [6, 6.07) is 18.5. The van der Waals surface area contributed by atoms with Crippen molar-refractivity contribution in [3.63, 3.8) is 0 Å². The monoisotopic (exact) mass is 356 g/mol. The first-order chi connectivity index (χ1) is 11.8. The SMILES string of the molecule is O=C(CCCCl)Nc1nc(-c2ccc(-c3ccccc3)cc2)cs1. The van der Waals surface area contributed by atoms with Crippen molar-refractivity contribution in [2.24, 2.45) is 0 Å². The van der Waals surface area contributed by atoms with E-state index in [1.807, 2.05) is 23.6 Å². The standard InChI is InChI=1S/C19H17ClN2OS/c20-12-4-7-18(23)22-19-21-17(13-24-19)16-10-8-15(9-11-16)14-5-2-1-3-6-14/h1-3,5-6,8-11,13H,4,7,12H2,(H,21,22,23). The predicted octanol–water partition coefficient (Wildman–Crippen LogP) is 5.43. The second kappa shape index (κ2) is 8.08. The summed E-state index contributed by atoms with van der Waals surface area (Å²) in [6.07, 6.45) is 1.09. The highest BCUT2D eigenvalue weighted by molar-refractivity contribution is 7.14. The predicted molar refractivity (Wildman–Crippen MR) is 102 cm³/mol. The van der Waals surface area contributed by atoms with Gasteiger partial charge in [0.15, 0.2) is 5.13 Å². The van der Waals surface area contributed by atoms with E-state index in [9.17, 15) is 4.79 Å². The van der Waals surface area contributed by atoms with Crippen LogP contribution in [0.2, 0.25) is 0 Å². The quantitative estimate of drug-likeness (QED) is 0.598. The molecule has 0 spiro atoms. The van der Waals surface area contributed by atoms with Gasteiger partial charge in [-0.2, -0.15) is 0 Å². The zero-order valence-electron chi connectivity index (χ0n) is 13.0. The molecule has 3 rings (SSSR count). The van der Waals surface area contributed by atoms with E-state index in [4.69, 9.17) is 11.6 Å². The van der Waals surface area contributed by atoms with Gasteiger partial charge in [0.1, 0.15) is 0 Å². The largest absolute Gasteiger partial charge is 0.302 e. The Morgan fingerprint density at radius 2 is 1.67 bits per heavy atom. The zero-order valence-corrected chi connectivity index (χ0v) is 14.6. The van der Waals surface area contributed by atoms with Crippen LogP contribution < -0.4 is 5.32 Å². The van der Waals surface area contributed by atoms with Crippen LogP contribution in [0.1, 0.15) is 12.8 Å². The van der Waals surface area contributed by atoms with Crippen LogP contribution in [0.3, 0.4) is 0 Å². The normalized spacial score (nSPS) is 10.5. The van der Waals surface area contributed by atoms with Crippen molar-refractivity contribution >= 4 is 34.0 Å². The molecule has 0 saturated heterocycles. The first-order valence-electron chi connectivity index (χ1n) is 7.73. The van der Waals surface area contributed by atoms with E-state index in [0.717, 1.165) is 11.3 Å². The number of rotatable bonds is 6. The van der Waals surface area contributed by atoms with E-state index in [2.05, 4.69) is 46.7 Å². The number of thiazole rings is 1. The Morgan fingerprint density at radius 3 is 2.38 bits per heavy atom. The molecule has 0 radical (unpaired) electrons. The average Bonchev–Trinajstić information content (AvgIpc) is 3.09. The van der Waals surface area contributed by atoms with Crippen LogP contribution >= 0.6 is 22.9 Å². The Hall–Kier alpha value is -2.17. The van der Waals surface area contributed by atoms with Crippen LogP contribution in [0.4, 0.5) is 5.13 Å². The number of alkyl halides is 1. The molecule has 0 aliphatic carbocycles. The molecule has 0 saturated carbocycles. The molecule has 1 amide bonds. The van der Waals surface area contributed by atoms with Gasteiger partial charge in [0.25, 0.3) is 0 Å². The third-order valence-corrected chi connectivity index (χ3v) is 4.60. The van der Waals surface area contributed by atoms with Gasteiger partial charge in [-0.05, 0) is 17.5 Å². The molecule has 3 nitrogen and oxygen atoms in total. The van der Waals surface area contributed by atoms with E-state index in [1.54, 1.807) is 0 Å². The fraction of sp³-hybridized carbons (Fsp3) is 0.158. The van der Waals surface area contributed by atoms with Gasteiger partial charge in [-0.25, -0.2) is 4.98 Å². The summed E-state index contributed by atoms with van der Waals surface area (Å²) < 4.78 is 0. The highest BCUT2D eigenvalue weighted by Gasteiger charge is 2.08. The minimum absolute atomic E-state index is 0.0454. The molecule has 0 atom stereocenters. The maximum Gasteiger partial charge on any atom is 0.226 e. The fourth-order valence-electron chi connectivity index (χ4n) is 2.34. The molecule has 122 valence electrons. The molecule has 2 aromatic carbocycles. The summed E-state index contributed by atoms with van der Waals surface area (Å²) in [5.41, 5.74) is 4.26. The molecule has 0 bridgehead atoms. The minimum atomic E-state index is -0.0454. The highest BCUT2D eigenvalue weighted by Crippen LogP contribution is 2.27. The number of anilines is 1. The molecular weight excluding hydrogens is 340 g/mol. The van der Waals surface area contributed by atoms with Crippen LogP contribution in [0.5, 0.6) is 0 Å². The van der Waals surface area contributed by atoms with E-state index in [-0.39, 0.29) is 5.91 Å². The first-order valence-corrected chi connectivity index (χ1v) is 9.15. The topological polar surface area (TPSA) is 42.0 Å². The van der Waals surface area contributed by atoms with Crippen molar-refractivity contribution in [1.82, 2.24) is 4.98 Å². The molecule has 0 unspecified atom stereocenters. The van der Waals surface area contributed by atoms with Gasteiger partial charge < -0.3 is 5.32 Å². The summed E-state index contributed by atoms with van der Waals surface area (Å²) in [4.78, 5) is 16.2. The molecule has 0 fully saturated rings. The van der Waals surface area contributed by atoms with E-state index < -0.39 is 0 Å². The van der Waals surface area contributed by atoms with Gasteiger partial charge in [-0.15, -0.1) is 22.9 Å². The Kier molecular flexibility index (Phi) is 5.62. The molecule has 5 heteroatoms. The number of carbonyl (C=O) groups excluding carboxylic acids is 1. The van der Waals surface area contributed by atoms with Crippen molar-refractivity contribution < 1.29 is 4.79 Å². The number of nitrogens with zero attached hydrogens (tertiary/aromatic N) is 1. The molecule has 24 heavy (non-hydrogen) atoms. The summed E-state index contributed by atoms with van der Waals surface area (Å²) in [7, 11) is 0. The molecular formula is C19H17ClN2OS. The molecule has 1 N–H and O–H groups in total. The second-order valence-corrected chi connectivity index (χ2v) is 6.56. The van der Waals surface area contributed by atoms with Crippen molar-refractivity contribution in [2.75, 3.05) is 11.2 Å². The van der Waals surface area contributed by atoms with Gasteiger partial charge in [0.05, 0.1) is 5.69 Å². The molecule has 0 aliphatic rings. The van der Waals surface area contributed by atoms with Gasteiger partial charge >= 0.3 is 0 Å². The zero-order chi connectivity index (χ0) is 16.8. The number of benzene rings is 2. The number of hydrogen-bond acceptors (Lipinski definition) is 3. The lowest BCUT2D eigenvalue weighted by molar-refractivity contribution is -0.116. The van der Waals surface area contributed by atoms with E-state index in [0.29, 0.717) is 23.9 Å². The molecule has 1 aromatic heterocycles. The van der Waals surface area contributed by atoms with Gasteiger partial charge in [-0.3, -0.25) is 4.79 Å². The van der Waals surface area contributed by atoms with Gasteiger partial charge in [-0.1, -0.05) is 54.6 Å². The van der Waals surface area contributed by atoms with Crippen molar-refractivity contribution in [3.05, 3.63) is 60.0 Å². The van der Waals surface area contributed by atoms with Gasteiger partial charge in [0, 0.05) is 23.2 Å². The number of aromatic nitrogens is 1. The Balaban J connectivity index is 1.70. The minimum Gasteiger partial charge on any atom is -0.302 e. The maximum absolute atomic E-state index is 11.7. The number of halogens is 1. The van der Waals surface area contributed by atoms with Crippen LogP contribution in [0.25, 0.3) is 22.4 Å². The lowest BCUT2D eigenvalue weighted by atomic mass is 10.0. The van der Waals surface area contributed by atoms with Crippen LogP contribution in [-0.4, -0.2) is 16.8 Å². The van der Waals surface area contributed by atoms with Crippen molar-refractivity contribution in [1.29, 1.82) is 0 Å². The van der Waals surface area contributed by atoms with Crippen molar-refractivity contribution in [2.45, 2.75) is 12.8 Å².